The zero-order valence-corrected chi connectivity index (χ0v) is 20.8. The molecular formula is C26H24BrN3O3S. The number of rotatable bonds is 7. The Bertz CT molecular complexity index is 1400. The Morgan fingerprint density at radius 2 is 2.12 bits per heavy atom. The molecule has 2 heterocycles. The van der Waals surface area contributed by atoms with E-state index < -0.39 is 17.9 Å². The van der Waals surface area contributed by atoms with Crippen LogP contribution < -0.4 is 5.32 Å². The van der Waals surface area contributed by atoms with Gasteiger partial charge in [0.25, 0.3) is 0 Å². The summed E-state index contributed by atoms with van der Waals surface area (Å²) < 4.78 is 1.02. The second-order valence-electron chi connectivity index (χ2n) is 8.76. The number of thiol groups is 1. The third-order valence-corrected chi connectivity index (χ3v) is 7.68. The Kier molecular flexibility index (Phi) is 6.36. The molecular weight excluding hydrogens is 514 g/mol. The van der Waals surface area contributed by atoms with Crippen molar-refractivity contribution in [3.05, 3.63) is 76.0 Å². The predicted octanol–water partition coefficient (Wildman–Crippen LogP) is 4.87. The van der Waals surface area contributed by atoms with E-state index in [1.54, 1.807) is 6.20 Å². The first kappa shape index (κ1) is 22.9. The van der Waals surface area contributed by atoms with E-state index in [0.29, 0.717) is 5.75 Å². The van der Waals surface area contributed by atoms with E-state index >= 15 is 0 Å². The van der Waals surface area contributed by atoms with Crippen LogP contribution in [-0.4, -0.2) is 38.7 Å². The van der Waals surface area contributed by atoms with Gasteiger partial charge in [0.1, 0.15) is 6.04 Å². The first-order valence-corrected chi connectivity index (χ1v) is 12.6. The van der Waals surface area contributed by atoms with Gasteiger partial charge in [-0.15, -0.1) is 0 Å². The molecule has 5 rings (SSSR count). The molecule has 0 unspecified atom stereocenters. The van der Waals surface area contributed by atoms with E-state index in [1.165, 1.54) is 5.56 Å². The molecule has 4 aromatic rings. The fourth-order valence-corrected chi connectivity index (χ4v) is 5.91. The minimum absolute atomic E-state index is 0.0263. The van der Waals surface area contributed by atoms with Gasteiger partial charge in [-0.25, -0.2) is 4.79 Å². The van der Waals surface area contributed by atoms with Crippen molar-refractivity contribution in [1.82, 2.24) is 15.3 Å². The smallest absolute Gasteiger partial charge is 0.326 e. The monoisotopic (exact) mass is 537 g/mol. The number of pyridine rings is 1. The normalized spacial score (nSPS) is 16.9. The van der Waals surface area contributed by atoms with Gasteiger partial charge in [-0.3, -0.25) is 9.78 Å². The van der Waals surface area contributed by atoms with Crippen LogP contribution in [0.15, 0.2) is 59.3 Å². The summed E-state index contributed by atoms with van der Waals surface area (Å²) in [5.41, 5.74) is 4.88. The maximum Gasteiger partial charge on any atom is 0.326 e. The topological polar surface area (TPSA) is 95.1 Å². The summed E-state index contributed by atoms with van der Waals surface area (Å²) in [6.45, 7) is 0. The Morgan fingerprint density at radius 1 is 1.26 bits per heavy atom. The van der Waals surface area contributed by atoms with E-state index in [4.69, 9.17) is 0 Å². The Hall–Kier alpha value is -2.84. The van der Waals surface area contributed by atoms with E-state index in [9.17, 15) is 14.7 Å². The van der Waals surface area contributed by atoms with E-state index in [2.05, 4.69) is 56.0 Å². The highest BCUT2D eigenvalue weighted by molar-refractivity contribution is 9.10. The van der Waals surface area contributed by atoms with Crippen LogP contribution in [0.1, 0.15) is 29.0 Å². The van der Waals surface area contributed by atoms with Crippen LogP contribution in [0.2, 0.25) is 0 Å². The molecule has 6 nitrogen and oxygen atoms in total. The summed E-state index contributed by atoms with van der Waals surface area (Å²) in [5.74, 6) is -1.37. The standard InChI is InChI=1S/C26H24BrN3O3S/c27-17-5-8-18-15(10-17)4-7-20(18)21(13-34)25(31)30-22(26(32)33)11-16-12-29-24-19(16)6-3-14-2-1-9-28-23(14)24/h1-3,5-6,8-10,12,20-22,28,34H,4,7,11,13H2,(H,30,31)(H,32,33)/t20-,21-,22-/m0/s1. The number of amides is 1. The molecule has 1 aliphatic rings. The van der Waals surface area contributed by atoms with Gasteiger partial charge in [-0.2, -0.15) is 12.6 Å². The molecule has 0 saturated heterocycles. The van der Waals surface area contributed by atoms with Crippen molar-refractivity contribution in [3.8, 4) is 0 Å². The van der Waals surface area contributed by atoms with Crippen LogP contribution in [0.25, 0.3) is 21.8 Å². The molecule has 0 fully saturated rings. The molecule has 0 radical (unpaired) electrons. The highest BCUT2D eigenvalue weighted by Gasteiger charge is 2.35. The molecule has 2 aromatic heterocycles. The fraction of sp³-hybridized carbons (Fsp3) is 0.269. The number of hydrogen-bond donors (Lipinski definition) is 4. The SMILES string of the molecule is O=C(O)[C@H](Cc1cnc2c1ccc1ccc[nH]c12)NC(=O)[C@@H](CS)[C@H]1CCc2cc(Br)ccc21. The lowest BCUT2D eigenvalue weighted by molar-refractivity contribution is -0.142. The Labute approximate surface area is 210 Å². The van der Waals surface area contributed by atoms with Gasteiger partial charge in [-0.05, 0) is 53.6 Å². The third-order valence-electron chi connectivity index (χ3n) is 6.79. The molecule has 3 N–H and O–H groups in total. The van der Waals surface area contributed by atoms with Gasteiger partial charge in [0.15, 0.2) is 0 Å². The summed E-state index contributed by atoms with van der Waals surface area (Å²) in [6.07, 6.45) is 5.45. The summed E-state index contributed by atoms with van der Waals surface area (Å²) in [7, 11) is 0. The van der Waals surface area contributed by atoms with Crippen molar-refractivity contribution in [2.24, 2.45) is 5.92 Å². The molecule has 8 heteroatoms. The summed E-state index contributed by atoms with van der Waals surface area (Å²) in [5, 5.41) is 14.6. The number of carboxylic acid groups (broad SMARTS) is 1. The zero-order valence-electron chi connectivity index (χ0n) is 18.3. The van der Waals surface area contributed by atoms with Gasteiger partial charge >= 0.3 is 5.97 Å². The third kappa shape index (κ3) is 4.20. The van der Waals surface area contributed by atoms with Crippen LogP contribution in [-0.2, 0) is 22.4 Å². The van der Waals surface area contributed by atoms with Crippen LogP contribution >= 0.6 is 28.6 Å². The predicted molar refractivity (Wildman–Crippen MR) is 139 cm³/mol. The van der Waals surface area contributed by atoms with Gasteiger partial charge < -0.3 is 15.4 Å². The number of fused-ring (bicyclic) bond motifs is 4. The first-order valence-electron chi connectivity index (χ1n) is 11.2. The number of carboxylic acids is 1. The highest BCUT2D eigenvalue weighted by atomic mass is 79.9. The van der Waals surface area contributed by atoms with E-state index in [-0.39, 0.29) is 18.2 Å². The number of halogens is 1. The lowest BCUT2D eigenvalue weighted by Gasteiger charge is -2.24. The number of nitrogens with zero attached hydrogens (tertiary/aromatic N) is 1. The largest absolute Gasteiger partial charge is 0.480 e. The van der Waals surface area contributed by atoms with Gasteiger partial charge in [0.05, 0.1) is 17.0 Å². The van der Waals surface area contributed by atoms with Gasteiger partial charge in [0.2, 0.25) is 5.91 Å². The van der Waals surface area contributed by atoms with Crippen LogP contribution in [0, 0.1) is 5.92 Å². The summed E-state index contributed by atoms with van der Waals surface area (Å²) in [4.78, 5) is 33.1. The van der Waals surface area contributed by atoms with Crippen LogP contribution in [0.3, 0.4) is 0 Å². The number of H-pyrrole nitrogens is 1. The number of carbonyl (C=O) groups excluding carboxylic acids is 1. The van der Waals surface area contributed by atoms with Crippen LogP contribution in [0.4, 0.5) is 0 Å². The number of hydrogen-bond acceptors (Lipinski definition) is 4. The van der Waals surface area contributed by atoms with E-state index in [1.807, 2.05) is 36.5 Å². The molecule has 0 aliphatic heterocycles. The zero-order chi connectivity index (χ0) is 23.8. The first-order chi connectivity index (χ1) is 16.5. The molecule has 2 aromatic carbocycles. The maximum absolute atomic E-state index is 13.3. The Balaban J connectivity index is 1.37. The average Bonchev–Trinajstić information content (AvgIpc) is 3.43. The second-order valence-corrected chi connectivity index (χ2v) is 10.0. The van der Waals surface area contributed by atoms with Crippen molar-refractivity contribution in [1.29, 1.82) is 0 Å². The molecule has 174 valence electrons. The number of benzene rings is 2. The molecule has 0 saturated carbocycles. The van der Waals surface area contributed by atoms with Crippen molar-refractivity contribution >= 4 is 62.2 Å². The molecule has 1 aliphatic carbocycles. The number of aryl methyl sites for hydroxylation is 1. The number of aromatic nitrogens is 2. The second kappa shape index (κ2) is 9.43. The molecule has 3 atom stereocenters. The molecule has 0 bridgehead atoms. The number of nitrogens with one attached hydrogen (secondary N) is 2. The van der Waals surface area contributed by atoms with E-state index in [0.717, 1.165) is 50.2 Å². The lowest BCUT2D eigenvalue weighted by atomic mass is 9.87. The molecule has 34 heavy (non-hydrogen) atoms. The van der Waals surface area contributed by atoms with Gasteiger partial charge in [0, 0.05) is 39.8 Å². The van der Waals surface area contributed by atoms with Crippen molar-refractivity contribution < 1.29 is 14.7 Å². The molecule has 1 amide bonds. The maximum atomic E-state index is 13.3. The minimum atomic E-state index is -1.07. The lowest BCUT2D eigenvalue weighted by Crippen LogP contribution is -2.46. The van der Waals surface area contributed by atoms with Crippen molar-refractivity contribution in [2.45, 2.75) is 31.2 Å². The fourth-order valence-electron chi connectivity index (χ4n) is 5.08. The van der Waals surface area contributed by atoms with Crippen molar-refractivity contribution in [2.75, 3.05) is 5.75 Å². The van der Waals surface area contributed by atoms with Crippen LogP contribution in [0.5, 0.6) is 0 Å². The number of aliphatic carboxylic acids is 1. The number of aromatic amines is 1. The summed E-state index contributed by atoms with van der Waals surface area (Å²) >= 11 is 7.97. The highest BCUT2D eigenvalue weighted by Crippen LogP contribution is 2.40. The minimum Gasteiger partial charge on any atom is -0.480 e. The quantitative estimate of drug-likeness (QED) is 0.253. The average molecular weight is 538 g/mol. The van der Waals surface area contributed by atoms with Crippen molar-refractivity contribution in [3.63, 3.8) is 0 Å². The molecule has 0 spiro atoms. The number of carbonyl (C=O) groups is 2. The summed E-state index contributed by atoms with van der Waals surface area (Å²) in [6, 6.07) is 12.9. The Morgan fingerprint density at radius 3 is 2.91 bits per heavy atom. The van der Waals surface area contributed by atoms with Gasteiger partial charge in [-0.1, -0.05) is 40.2 Å².